The number of primary amides is 1. The van der Waals surface area contributed by atoms with Crippen LogP contribution in [0, 0.1) is 6.92 Å². The predicted molar refractivity (Wildman–Crippen MR) is 81.3 cm³/mol. The van der Waals surface area contributed by atoms with Crippen molar-refractivity contribution < 1.29 is 4.79 Å². The molecule has 0 unspecified atom stereocenters. The van der Waals surface area contributed by atoms with Crippen molar-refractivity contribution in [3.8, 4) is 0 Å². The molecule has 0 atom stereocenters. The van der Waals surface area contributed by atoms with E-state index in [1.807, 2.05) is 24.3 Å². The SMILES string of the molecule is Cc1nn(Cc2ccc3ncc(Cl)cc3c2)cc1C(N)=O. The van der Waals surface area contributed by atoms with Crippen molar-refractivity contribution in [3.63, 3.8) is 0 Å². The number of amides is 1. The zero-order chi connectivity index (χ0) is 15.0. The third-order valence-corrected chi connectivity index (χ3v) is 3.48. The van der Waals surface area contributed by atoms with Gasteiger partial charge in [-0.05, 0) is 30.7 Å². The molecule has 3 rings (SSSR count). The molecular weight excluding hydrogens is 288 g/mol. The first-order valence-corrected chi connectivity index (χ1v) is 6.79. The molecule has 0 radical (unpaired) electrons. The van der Waals surface area contributed by atoms with Crippen molar-refractivity contribution in [2.24, 2.45) is 5.73 Å². The zero-order valence-corrected chi connectivity index (χ0v) is 12.1. The Kier molecular flexibility index (Phi) is 3.35. The minimum absolute atomic E-state index is 0.445. The van der Waals surface area contributed by atoms with E-state index < -0.39 is 5.91 Å². The summed E-state index contributed by atoms with van der Waals surface area (Å²) in [6.45, 7) is 2.32. The molecule has 2 N–H and O–H groups in total. The lowest BCUT2D eigenvalue weighted by Gasteiger charge is -2.04. The van der Waals surface area contributed by atoms with Gasteiger partial charge in [-0.1, -0.05) is 17.7 Å². The van der Waals surface area contributed by atoms with E-state index in [-0.39, 0.29) is 0 Å². The van der Waals surface area contributed by atoms with E-state index in [0.29, 0.717) is 22.8 Å². The number of aryl methyl sites for hydroxylation is 1. The fourth-order valence-corrected chi connectivity index (χ4v) is 2.45. The second kappa shape index (κ2) is 5.18. The molecule has 1 amide bonds. The molecule has 3 aromatic rings. The number of carbonyl (C=O) groups is 1. The third-order valence-electron chi connectivity index (χ3n) is 3.27. The molecule has 0 spiro atoms. The van der Waals surface area contributed by atoms with Crippen molar-refractivity contribution in [3.05, 3.63) is 58.5 Å². The van der Waals surface area contributed by atoms with Crippen LogP contribution in [0.2, 0.25) is 5.02 Å². The van der Waals surface area contributed by atoms with Gasteiger partial charge in [-0.3, -0.25) is 14.5 Å². The van der Waals surface area contributed by atoms with Crippen LogP contribution in [0.1, 0.15) is 21.6 Å². The first-order chi connectivity index (χ1) is 10.0. The molecule has 0 aliphatic carbocycles. The Morgan fingerprint density at radius 1 is 1.38 bits per heavy atom. The maximum absolute atomic E-state index is 11.2. The number of pyridine rings is 1. The summed E-state index contributed by atoms with van der Waals surface area (Å²) in [5.74, 6) is -0.465. The van der Waals surface area contributed by atoms with E-state index in [9.17, 15) is 4.79 Å². The van der Waals surface area contributed by atoms with Gasteiger partial charge in [0.2, 0.25) is 0 Å². The van der Waals surface area contributed by atoms with Gasteiger partial charge in [0.05, 0.1) is 28.3 Å². The number of hydrogen-bond acceptors (Lipinski definition) is 3. The Morgan fingerprint density at radius 2 is 2.19 bits per heavy atom. The maximum Gasteiger partial charge on any atom is 0.252 e. The van der Waals surface area contributed by atoms with Crippen LogP contribution in [0.5, 0.6) is 0 Å². The molecule has 0 fully saturated rings. The Bertz CT molecular complexity index is 841. The summed E-state index contributed by atoms with van der Waals surface area (Å²) in [5, 5.41) is 5.87. The van der Waals surface area contributed by atoms with E-state index >= 15 is 0 Å². The first-order valence-electron chi connectivity index (χ1n) is 6.41. The molecule has 0 saturated carbocycles. The summed E-state index contributed by atoms with van der Waals surface area (Å²) in [4.78, 5) is 15.5. The van der Waals surface area contributed by atoms with E-state index in [1.165, 1.54) is 0 Å². The zero-order valence-electron chi connectivity index (χ0n) is 11.4. The summed E-state index contributed by atoms with van der Waals surface area (Å²) in [5.41, 5.74) is 8.31. The second-order valence-corrected chi connectivity index (χ2v) is 5.31. The van der Waals surface area contributed by atoms with Crippen LogP contribution in [-0.4, -0.2) is 20.7 Å². The lowest BCUT2D eigenvalue weighted by molar-refractivity contribution is 0.0999. The number of benzene rings is 1. The van der Waals surface area contributed by atoms with Gasteiger partial charge in [-0.15, -0.1) is 0 Å². The minimum atomic E-state index is -0.465. The van der Waals surface area contributed by atoms with Gasteiger partial charge in [-0.2, -0.15) is 5.10 Å². The molecule has 0 bridgehead atoms. The van der Waals surface area contributed by atoms with Gasteiger partial charge in [0.25, 0.3) is 5.91 Å². The molecule has 21 heavy (non-hydrogen) atoms. The molecule has 2 aromatic heterocycles. The van der Waals surface area contributed by atoms with Crippen LogP contribution in [0.4, 0.5) is 0 Å². The average molecular weight is 301 g/mol. The Balaban J connectivity index is 1.94. The van der Waals surface area contributed by atoms with Crippen molar-refractivity contribution in [2.75, 3.05) is 0 Å². The molecule has 5 nitrogen and oxygen atoms in total. The highest BCUT2D eigenvalue weighted by atomic mass is 35.5. The number of hydrogen-bond donors (Lipinski definition) is 1. The largest absolute Gasteiger partial charge is 0.365 e. The number of carbonyl (C=O) groups excluding carboxylic acids is 1. The third kappa shape index (κ3) is 2.73. The first kappa shape index (κ1) is 13.6. The Morgan fingerprint density at radius 3 is 2.90 bits per heavy atom. The normalized spacial score (nSPS) is 11.0. The summed E-state index contributed by atoms with van der Waals surface area (Å²) in [6, 6.07) is 7.79. The highest BCUT2D eigenvalue weighted by Gasteiger charge is 2.10. The monoisotopic (exact) mass is 300 g/mol. The topological polar surface area (TPSA) is 73.8 Å². The van der Waals surface area contributed by atoms with Gasteiger partial charge in [-0.25, -0.2) is 0 Å². The summed E-state index contributed by atoms with van der Waals surface area (Å²) < 4.78 is 1.70. The lowest BCUT2D eigenvalue weighted by atomic mass is 10.1. The molecule has 106 valence electrons. The summed E-state index contributed by atoms with van der Waals surface area (Å²) in [6.07, 6.45) is 3.29. The summed E-state index contributed by atoms with van der Waals surface area (Å²) in [7, 11) is 0. The minimum Gasteiger partial charge on any atom is -0.365 e. The van der Waals surface area contributed by atoms with Crippen molar-refractivity contribution in [1.29, 1.82) is 0 Å². The number of fused-ring (bicyclic) bond motifs is 1. The van der Waals surface area contributed by atoms with Crippen LogP contribution in [-0.2, 0) is 6.54 Å². The predicted octanol–water partition coefficient (Wildman–Crippen LogP) is 2.54. The molecule has 2 heterocycles. The van der Waals surface area contributed by atoms with E-state index in [1.54, 1.807) is 24.0 Å². The number of aromatic nitrogens is 3. The summed E-state index contributed by atoms with van der Waals surface area (Å²) >= 11 is 5.96. The van der Waals surface area contributed by atoms with Crippen LogP contribution in [0.15, 0.2) is 36.7 Å². The van der Waals surface area contributed by atoms with Crippen LogP contribution < -0.4 is 5.73 Å². The lowest BCUT2D eigenvalue weighted by Crippen LogP contribution is -2.11. The van der Waals surface area contributed by atoms with Gasteiger partial charge in [0, 0.05) is 17.8 Å². The van der Waals surface area contributed by atoms with Crippen molar-refractivity contribution in [2.45, 2.75) is 13.5 Å². The van der Waals surface area contributed by atoms with E-state index in [2.05, 4.69) is 10.1 Å². The molecule has 6 heteroatoms. The average Bonchev–Trinajstić information content (AvgIpc) is 2.79. The smallest absolute Gasteiger partial charge is 0.252 e. The maximum atomic E-state index is 11.2. The van der Waals surface area contributed by atoms with Crippen LogP contribution >= 0.6 is 11.6 Å². The molecular formula is C15H13ClN4O. The molecule has 0 saturated heterocycles. The highest BCUT2D eigenvalue weighted by molar-refractivity contribution is 6.31. The number of nitrogens with two attached hydrogens (primary N) is 1. The second-order valence-electron chi connectivity index (χ2n) is 4.87. The van der Waals surface area contributed by atoms with E-state index in [4.69, 9.17) is 17.3 Å². The Labute approximate surface area is 126 Å². The number of halogens is 1. The number of nitrogens with zero attached hydrogens (tertiary/aromatic N) is 3. The molecule has 0 aliphatic heterocycles. The van der Waals surface area contributed by atoms with Crippen LogP contribution in [0.3, 0.4) is 0 Å². The van der Waals surface area contributed by atoms with Gasteiger partial charge in [0.15, 0.2) is 0 Å². The van der Waals surface area contributed by atoms with E-state index in [0.717, 1.165) is 16.5 Å². The fraction of sp³-hybridized carbons (Fsp3) is 0.133. The Hall–Kier alpha value is -2.40. The van der Waals surface area contributed by atoms with Gasteiger partial charge < -0.3 is 5.73 Å². The quantitative estimate of drug-likeness (QED) is 0.808. The fourth-order valence-electron chi connectivity index (χ4n) is 2.28. The highest BCUT2D eigenvalue weighted by Crippen LogP contribution is 2.19. The van der Waals surface area contributed by atoms with Gasteiger partial charge in [0.1, 0.15) is 0 Å². The van der Waals surface area contributed by atoms with Crippen molar-refractivity contribution in [1.82, 2.24) is 14.8 Å². The molecule has 1 aromatic carbocycles. The number of rotatable bonds is 3. The van der Waals surface area contributed by atoms with Crippen molar-refractivity contribution >= 4 is 28.4 Å². The standard InChI is InChI=1S/C15H13ClN4O/c1-9-13(15(17)21)8-20(19-9)7-10-2-3-14-11(4-10)5-12(16)6-18-14/h2-6,8H,7H2,1H3,(H2,17,21). The van der Waals surface area contributed by atoms with Gasteiger partial charge >= 0.3 is 0 Å². The molecule has 0 aliphatic rings. The van der Waals surface area contributed by atoms with Crippen LogP contribution in [0.25, 0.3) is 10.9 Å².